The van der Waals surface area contributed by atoms with Gasteiger partial charge in [0.25, 0.3) is 0 Å². The second kappa shape index (κ2) is 6.07. The Morgan fingerprint density at radius 3 is 2.87 bits per heavy atom. The zero-order chi connectivity index (χ0) is 16.4. The van der Waals surface area contributed by atoms with Crippen molar-refractivity contribution in [2.45, 2.75) is 18.7 Å². The number of hydrogen-bond donors (Lipinski definition) is 1. The van der Waals surface area contributed by atoms with E-state index in [0.717, 1.165) is 12.3 Å². The third-order valence-corrected chi connectivity index (χ3v) is 3.41. The average molecular weight is 347 g/mol. The smallest absolute Gasteiger partial charge is 0.390 e. The Morgan fingerprint density at radius 2 is 2.22 bits per heavy atom. The Hall–Kier alpha value is -2.29. The highest BCUT2D eigenvalue weighted by Crippen LogP contribution is 2.32. The van der Waals surface area contributed by atoms with E-state index in [1.807, 2.05) is 0 Å². The SMILES string of the molecule is FC(F)(F)c1cnc(NC[C@H]2CC(c3ccno3)=NO2)c(Cl)c1. The Labute approximate surface area is 133 Å². The molecule has 0 aromatic carbocycles. The summed E-state index contributed by atoms with van der Waals surface area (Å²) in [5, 5.41) is 10.2. The minimum Gasteiger partial charge on any atom is -0.390 e. The van der Waals surface area contributed by atoms with Crippen molar-refractivity contribution in [1.29, 1.82) is 0 Å². The molecule has 0 saturated heterocycles. The van der Waals surface area contributed by atoms with Gasteiger partial charge in [-0.3, -0.25) is 0 Å². The number of aromatic nitrogens is 2. The van der Waals surface area contributed by atoms with Gasteiger partial charge in [0.15, 0.2) is 11.9 Å². The van der Waals surface area contributed by atoms with E-state index in [4.69, 9.17) is 21.0 Å². The molecular formula is C13H10ClF3N4O2. The highest BCUT2D eigenvalue weighted by molar-refractivity contribution is 6.32. The highest BCUT2D eigenvalue weighted by atomic mass is 35.5. The van der Waals surface area contributed by atoms with Gasteiger partial charge in [-0.05, 0) is 6.07 Å². The van der Waals surface area contributed by atoms with Gasteiger partial charge in [-0.1, -0.05) is 21.9 Å². The van der Waals surface area contributed by atoms with Gasteiger partial charge >= 0.3 is 6.18 Å². The monoisotopic (exact) mass is 346 g/mol. The molecule has 1 atom stereocenters. The second-order valence-corrected chi connectivity index (χ2v) is 5.19. The summed E-state index contributed by atoms with van der Waals surface area (Å²) in [4.78, 5) is 8.91. The number of rotatable bonds is 4. The van der Waals surface area contributed by atoms with E-state index in [1.165, 1.54) is 6.20 Å². The van der Waals surface area contributed by atoms with Crippen LogP contribution in [0.2, 0.25) is 5.02 Å². The van der Waals surface area contributed by atoms with Crippen LogP contribution in [0.15, 0.2) is 34.2 Å². The molecule has 3 heterocycles. The molecular weight excluding hydrogens is 337 g/mol. The summed E-state index contributed by atoms with van der Waals surface area (Å²) in [6, 6.07) is 2.48. The van der Waals surface area contributed by atoms with Crippen molar-refractivity contribution >= 4 is 23.1 Å². The van der Waals surface area contributed by atoms with E-state index in [-0.39, 0.29) is 23.5 Å². The number of hydrogen-bond acceptors (Lipinski definition) is 6. The molecule has 0 amide bonds. The van der Waals surface area contributed by atoms with Crippen LogP contribution in [-0.4, -0.2) is 28.5 Å². The van der Waals surface area contributed by atoms with Crippen LogP contribution in [0.4, 0.5) is 19.0 Å². The van der Waals surface area contributed by atoms with Crippen LogP contribution in [-0.2, 0) is 11.0 Å². The van der Waals surface area contributed by atoms with Gasteiger partial charge in [-0.2, -0.15) is 13.2 Å². The molecule has 2 aromatic heterocycles. The Morgan fingerprint density at radius 1 is 1.39 bits per heavy atom. The van der Waals surface area contributed by atoms with Gasteiger partial charge in [0.2, 0.25) is 0 Å². The first-order valence-electron chi connectivity index (χ1n) is 6.54. The molecule has 1 aliphatic rings. The number of oxime groups is 1. The summed E-state index contributed by atoms with van der Waals surface area (Å²) in [5.74, 6) is 0.662. The van der Waals surface area contributed by atoms with Gasteiger partial charge in [0.1, 0.15) is 11.5 Å². The van der Waals surface area contributed by atoms with Crippen molar-refractivity contribution in [2.24, 2.45) is 5.16 Å². The molecule has 10 heteroatoms. The summed E-state index contributed by atoms with van der Waals surface area (Å²) >= 11 is 5.81. The van der Waals surface area contributed by atoms with Gasteiger partial charge < -0.3 is 14.7 Å². The zero-order valence-electron chi connectivity index (χ0n) is 11.5. The third-order valence-electron chi connectivity index (χ3n) is 3.12. The molecule has 6 nitrogen and oxygen atoms in total. The molecule has 0 spiro atoms. The first-order chi connectivity index (χ1) is 10.9. The first-order valence-corrected chi connectivity index (χ1v) is 6.91. The van der Waals surface area contributed by atoms with Crippen LogP contribution in [0.3, 0.4) is 0 Å². The third kappa shape index (κ3) is 3.55. The summed E-state index contributed by atoms with van der Waals surface area (Å²) < 4.78 is 42.6. The number of nitrogens with zero attached hydrogens (tertiary/aromatic N) is 3. The van der Waals surface area contributed by atoms with Crippen LogP contribution >= 0.6 is 11.6 Å². The van der Waals surface area contributed by atoms with Crippen molar-refractivity contribution in [3.63, 3.8) is 0 Å². The lowest BCUT2D eigenvalue weighted by Gasteiger charge is -2.13. The van der Waals surface area contributed by atoms with E-state index in [1.54, 1.807) is 6.07 Å². The highest BCUT2D eigenvalue weighted by Gasteiger charge is 2.31. The summed E-state index contributed by atoms with van der Waals surface area (Å²) in [7, 11) is 0. The number of anilines is 1. The lowest BCUT2D eigenvalue weighted by atomic mass is 10.1. The standard InChI is InChI=1S/C13H10ClF3N4O2/c14-9-3-7(13(15,16)17)5-18-12(9)19-6-8-4-10(21-22-8)11-1-2-20-23-11/h1-3,5,8H,4,6H2,(H,18,19)/t8-/m1/s1. The summed E-state index contributed by atoms with van der Waals surface area (Å²) in [5.41, 5.74) is -0.290. The first kappa shape index (κ1) is 15.6. The van der Waals surface area contributed by atoms with E-state index < -0.39 is 11.7 Å². The summed E-state index contributed by atoms with van der Waals surface area (Å²) in [6.45, 7) is 0.277. The van der Waals surface area contributed by atoms with Gasteiger partial charge in [0.05, 0.1) is 23.3 Å². The lowest BCUT2D eigenvalue weighted by Crippen LogP contribution is -2.21. The van der Waals surface area contributed by atoms with Crippen LogP contribution < -0.4 is 5.32 Å². The average Bonchev–Trinajstić information content (AvgIpc) is 3.16. The molecule has 0 radical (unpaired) electrons. The molecule has 122 valence electrons. The second-order valence-electron chi connectivity index (χ2n) is 4.78. The van der Waals surface area contributed by atoms with Crippen LogP contribution in [0.1, 0.15) is 17.7 Å². The van der Waals surface area contributed by atoms with Gasteiger partial charge in [0, 0.05) is 18.7 Å². The fraction of sp³-hybridized carbons (Fsp3) is 0.308. The maximum atomic E-state index is 12.5. The van der Waals surface area contributed by atoms with Crippen molar-refractivity contribution in [3.05, 3.63) is 40.9 Å². The number of pyridine rings is 1. The molecule has 3 rings (SSSR count). The Balaban J connectivity index is 1.58. The largest absolute Gasteiger partial charge is 0.417 e. The normalized spacial score (nSPS) is 17.7. The number of nitrogens with one attached hydrogen (secondary N) is 1. The van der Waals surface area contributed by atoms with Gasteiger partial charge in [-0.25, -0.2) is 4.98 Å². The molecule has 0 unspecified atom stereocenters. The molecule has 23 heavy (non-hydrogen) atoms. The van der Waals surface area contributed by atoms with Crippen molar-refractivity contribution < 1.29 is 22.5 Å². The predicted molar refractivity (Wildman–Crippen MR) is 75.3 cm³/mol. The Kier molecular flexibility index (Phi) is 4.12. The van der Waals surface area contributed by atoms with E-state index in [9.17, 15) is 13.2 Å². The van der Waals surface area contributed by atoms with Crippen molar-refractivity contribution in [3.8, 4) is 0 Å². The van der Waals surface area contributed by atoms with E-state index in [2.05, 4.69) is 20.6 Å². The Bertz CT molecular complexity index is 719. The maximum absolute atomic E-state index is 12.5. The van der Waals surface area contributed by atoms with E-state index >= 15 is 0 Å². The zero-order valence-corrected chi connectivity index (χ0v) is 12.2. The minimum atomic E-state index is -4.48. The fourth-order valence-electron chi connectivity index (χ4n) is 1.98. The van der Waals surface area contributed by atoms with Crippen molar-refractivity contribution in [2.75, 3.05) is 11.9 Å². The van der Waals surface area contributed by atoms with Gasteiger partial charge in [-0.15, -0.1) is 0 Å². The molecule has 2 aromatic rings. The lowest BCUT2D eigenvalue weighted by molar-refractivity contribution is -0.137. The van der Waals surface area contributed by atoms with E-state index in [0.29, 0.717) is 17.9 Å². The van der Waals surface area contributed by atoms with Crippen LogP contribution in [0.5, 0.6) is 0 Å². The maximum Gasteiger partial charge on any atom is 0.417 e. The summed E-state index contributed by atoms with van der Waals surface area (Å²) in [6.07, 6.45) is -2.10. The number of halogens is 4. The van der Waals surface area contributed by atoms with Crippen LogP contribution in [0.25, 0.3) is 0 Å². The molecule has 0 fully saturated rings. The van der Waals surface area contributed by atoms with Crippen molar-refractivity contribution in [1.82, 2.24) is 10.1 Å². The van der Waals surface area contributed by atoms with Crippen LogP contribution in [0, 0.1) is 0 Å². The minimum absolute atomic E-state index is 0.116. The molecule has 0 aliphatic carbocycles. The molecule has 1 N–H and O–H groups in total. The topological polar surface area (TPSA) is 72.5 Å². The fourth-order valence-corrected chi connectivity index (χ4v) is 2.21. The predicted octanol–water partition coefficient (Wildman–Crippen LogP) is 3.35. The molecule has 0 bridgehead atoms. The molecule has 1 aliphatic heterocycles. The quantitative estimate of drug-likeness (QED) is 0.919. The number of alkyl halides is 3. The molecule has 0 saturated carbocycles.